The summed E-state index contributed by atoms with van der Waals surface area (Å²) < 4.78 is 8.52. The van der Waals surface area contributed by atoms with Crippen LogP contribution in [0.1, 0.15) is 0 Å². The standard InChI is InChI=1S/C10H9ClN6O/c1-16-7(18-2)5-6(15-16)9-13-14-10-8(11)12-3-4-17(9)10/h3-5H,1-2H3. The van der Waals surface area contributed by atoms with Crippen LogP contribution in [0.5, 0.6) is 5.88 Å². The third-order valence-corrected chi connectivity index (χ3v) is 2.83. The van der Waals surface area contributed by atoms with Gasteiger partial charge in [-0.3, -0.25) is 4.40 Å². The normalized spacial score (nSPS) is 11.1. The number of nitrogens with zero attached hydrogens (tertiary/aromatic N) is 6. The van der Waals surface area contributed by atoms with Crippen LogP contribution in [0.25, 0.3) is 17.2 Å². The van der Waals surface area contributed by atoms with Crippen LogP contribution in [-0.4, -0.2) is 36.5 Å². The molecule has 0 aromatic carbocycles. The second-order valence-corrected chi connectivity index (χ2v) is 3.99. The van der Waals surface area contributed by atoms with E-state index in [0.717, 1.165) is 0 Å². The Morgan fingerprint density at radius 2 is 2.17 bits per heavy atom. The lowest BCUT2D eigenvalue weighted by Crippen LogP contribution is -1.95. The Morgan fingerprint density at radius 1 is 1.33 bits per heavy atom. The molecule has 0 saturated carbocycles. The first-order valence-corrected chi connectivity index (χ1v) is 5.52. The van der Waals surface area contributed by atoms with Gasteiger partial charge in [0.15, 0.2) is 16.6 Å². The number of methoxy groups -OCH3 is 1. The summed E-state index contributed by atoms with van der Waals surface area (Å²) in [5.41, 5.74) is 1.16. The van der Waals surface area contributed by atoms with Crippen molar-refractivity contribution in [2.75, 3.05) is 7.11 Å². The van der Waals surface area contributed by atoms with E-state index in [1.807, 2.05) is 0 Å². The molecule has 3 aromatic rings. The molecule has 0 atom stereocenters. The zero-order chi connectivity index (χ0) is 12.7. The van der Waals surface area contributed by atoms with Crippen LogP contribution in [0.3, 0.4) is 0 Å². The second-order valence-electron chi connectivity index (χ2n) is 3.63. The first kappa shape index (κ1) is 11.0. The van der Waals surface area contributed by atoms with Gasteiger partial charge in [0.2, 0.25) is 5.88 Å². The van der Waals surface area contributed by atoms with Crippen molar-refractivity contribution in [1.29, 1.82) is 0 Å². The number of ether oxygens (including phenoxy) is 1. The van der Waals surface area contributed by atoms with Crippen molar-refractivity contribution < 1.29 is 4.74 Å². The van der Waals surface area contributed by atoms with Crippen molar-refractivity contribution in [3.05, 3.63) is 23.6 Å². The predicted octanol–water partition coefficient (Wildman–Crippen LogP) is 1.19. The van der Waals surface area contributed by atoms with Crippen molar-refractivity contribution >= 4 is 17.2 Å². The smallest absolute Gasteiger partial charge is 0.211 e. The number of aryl methyl sites for hydroxylation is 1. The highest BCUT2D eigenvalue weighted by atomic mass is 35.5. The van der Waals surface area contributed by atoms with E-state index in [0.29, 0.717) is 28.2 Å². The fraction of sp³-hybridized carbons (Fsp3) is 0.200. The summed E-state index contributed by atoms with van der Waals surface area (Å²) in [5, 5.41) is 12.7. The summed E-state index contributed by atoms with van der Waals surface area (Å²) in [5.74, 6) is 1.23. The molecule has 0 aliphatic rings. The molecule has 0 aliphatic heterocycles. The van der Waals surface area contributed by atoms with E-state index in [1.54, 1.807) is 41.7 Å². The largest absolute Gasteiger partial charge is 0.481 e. The summed E-state index contributed by atoms with van der Waals surface area (Å²) in [6.45, 7) is 0. The molecular weight excluding hydrogens is 256 g/mol. The molecule has 0 aliphatic carbocycles. The number of rotatable bonds is 2. The Kier molecular flexibility index (Phi) is 2.41. The monoisotopic (exact) mass is 264 g/mol. The molecule has 3 aromatic heterocycles. The van der Waals surface area contributed by atoms with E-state index in [2.05, 4.69) is 20.3 Å². The molecule has 0 spiro atoms. The topological polar surface area (TPSA) is 70.1 Å². The number of aromatic nitrogens is 6. The average Bonchev–Trinajstić information content (AvgIpc) is 2.93. The van der Waals surface area contributed by atoms with Crippen LogP contribution >= 0.6 is 11.6 Å². The molecule has 8 heteroatoms. The minimum atomic E-state index is 0.305. The van der Waals surface area contributed by atoms with Crippen molar-refractivity contribution in [1.82, 2.24) is 29.4 Å². The van der Waals surface area contributed by atoms with Crippen molar-refractivity contribution in [2.45, 2.75) is 0 Å². The minimum absolute atomic E-state index is 0.305. The van der Waals surface area contributed by atoms with Crippen molar-refractivity contribution in [3.8, 4) is 17.4 Å². The van der Waals surface area contributed by atoms with Gasteiger partial charge in [0.05, 0.1) is 7.11 Å². The van der Waals surface area contributed by atoms with Gasteiger partial charge < -0.3 is 4.74 Å². The molecule has 0 N–H and O–H groups in total. The molecule has 0 radical (unpaired) electrons. The molecule has 92 valence electrons. The quantitative estimate of drug-likeness (QED) is 0.695. The Balaban J connectivity index is 2.22. The molecule has 18 heavy (non-hydrogen) atoms. The first-order valence-electron chi connectivity index (χ1n) is 5.14. The maximum absolute atomic E-state index is 5.94. The van der Waals surface area contributed by atoms with Crippen LogP contribution in [0, 0.1) is 0 Å². The SMILES string of the molecule is COc1cc(-c2nnc3c(Cl)nccn23)nn1C. The van der Waals surface area contributed by atoms with Gasteiger partial charge in [0.1, 0.15) is 5.69 Å². The minimum Gasteiger partial charge on any atom is -0.481 e. The predicted molar refractivity (Wildman–Crippen MR) is 64.5 cm³/mol. The van der Waals surface area contributed by atoms with Gasteiger partial charge in [-0.1, -0.05) is 11.6 Å². The van der Waals surface area contributed by atoms with E-state index in [4.69, 9.17) is 16.3 Å². The Labute approximate surface area is 107 Å². The lowest BCUT2D eigenvalue weighted by molar-refractivity contribution is 0.373. The van der Waals surface area contributed by atoms with Gasteiger partial charge in [-0.15, -0.1) is 10.2 Å². The van der Waals surface area contributed by atoms with Crippen molar-refractivity contribution in [3.63, 3.8) is 0 Å². The van der Waals surface area contributed by atoms with Gasteiger partial charge in [-0.05, 0) is 0 Å². The molecule has 3 heterocycles. The average molecular weight is 265 g/mol. The lowest BCUT2D eigenvalue weighted by Gasteiger charge is -1.96. The maximum atomic E-state index is 5.94. The zero-order valence-corrected chi connectivity index (χ0v) is 10.5. The van der Waals surface area contributed by atoms with Crippen LogP contribution in [0.15, 0.2) is 18.5 Å². The number of fused-ring (bicyclic) bond motifs is 1. The molecule has 0 fully saturated rings. The summed E-state index contributed by atoms with van der Waals surface area (Å²) in [4.78, 5) is 3.95. The summed E-state index contributed by atoms with van der Waals surface area (Å²) in [6.07, 6.45) is 3.32. The highest BCUT2D eigenvalue weighted by Crippen LogP contribution is 2.23. The molecule has 7 nitrogen and oxygen atoms in total. The van der Waals surface area contributed by atoms with Gasteiger partial charge in [0.25, 0.3) is 0 Å². The maximum Gasteiger partial charge on any atom is 0.211 e. The fourth-order valence-corrected chi connectivity index (χ4v) is 1.91. The van der Waals surface area contributed by atoms with Crippen LogP contribution < -0.4 is 4.74 Å². The molecule has 0 bridgehead atoms. The number of hydrogen-bond acceptors (Lipinski definition) is 5. The first-order chi connectivity index (χ1) is 8.70. The lowest BCUT2D eigenvalue weighted by atomic mass is 10.4. The molecule has 0 amide bonds. The Hall–Kier alpha value is -2.15. The molecule has 0 unspecified atom stereocenters. The number of hydrogen-bond donors (Lipinski definition) is 0. The van der Waals surface area contributed by atoms with E-state index >= 15 is 0 Å². The second kappa shape index (κ2) is 3.95. The van der Waals surface area contributed by atoms with Crippen LogP contribution in [0.2, 0.25) is 5.15 Å². The third kappa shape index (κ3) is 1.52. The van der Waals surface area contributed by atoms with Crippen LogP contribution in [-0.2, 0) is 7.05 Å². The molecule has 3 rings (SSSR count). The van der Waals surface area contributed by atoms with E-state index in [9.17, 15) is 0 Å². The Bertz CT molecular complexity index is 718. The van der Waals surface area contributed by atoms with Crippen LogP contribution in [0.4, 0.5) is 0 Å². The number of halogens is 1. The Morgan fingerprint density at radius 3 is 2.89 bits per heavy atom. The molecular formula is C10H9ClN6O. The highest BCUT2D eigenvalue weighted by molar-refractivity contribution is 6.32. The summed E-state index contributed by atoms with van der Waals surface area (Å²) in [6, 6.07) is 1.78. The zero-order valence-electron chi connectivity index (χ0n) is 9.70. The van der Waals surface area contributed by atoms with Gasteiger partial charge in [-0.25, -0.2) is 9.67 Å². The molecule has 0 saturated heterocycles. The van der Waals surface area contributed by atoms with E-state index < -0.39 is 0 Å². The summed E-state index contributed by atoms with van der Waals surface area (Å²) in [7, 11) is 3.38. The highest BCUT2D eigenvalue weighted by Gasteiger charge is 2.15. The van der Waals surface area contributed by atoms with E-state index in [-0.39, 0.29) is 0 Å². The van der Waals surface area contributed by atoms with Gasteiger partial charge in [-0.2, -0.15) is 5.10 Å². The fourth-order valence-electron chi connectivity index (χ4n) is 1.72. The van der Waals surface area contributed by atoms with Crippen molar-refractivity contribution in [2.24, 2.45) is 7.05 Å². The summed E-state index contributed by atoms with van der Waals surface area (Å²) >= 11 is 5.94. The third-order valence-electron chi connectivity index (χ3n) is 2.56. The van der Waals surface area contributed by atoms with E-state index in [1.165, 1.54) is 0 Å². The van der Waals surface area contributed by atoms with Gasteiger partial charge in [0, 0.05) is 25.5 Å². The van der Waals surface area contributed by atoms with Gasteiger partial charge >= 0.3 is 0 Å².